The summed E-state index contributed by atoms with van der Waals surface area (Å²) in [7, 11) is 2.12. The Morgan fingerprint density at radius 1 is 1.22 bits per heavy atom. The predicted molar refractivity (Wildman–Crippen MR) is 123 cm³/mol. The molecule has 1 aliphatic heterocycles. The van der Waals surface area contributed by atoms with Gasteiger partial charge in [0.05, 0.1) is 6.42 Å². The van der Waals surface area contributed by atoms with Crippen molar-refractivity contribution in [1.82, 2.24) is 10.2 Å². The summed E-state index contributed by atoms with van der Waals surface area (Å²) in [5, 5.41) is 20.3. The molecular formula is C24H38N2O6. The number of ether oxygens (including phenoxy) is 1. The molecule has 3 N–H and O–H groups in total. The minimum Gasteiger partial charge on any atom is -0.480 e. The zero-order valence-electron chi connectivity index (χ0n) is 19.7. The Labute approximate surface area is 190 Å². The summed E-state index contributed by atoms with van der Waals surface area (Å²) in [6, 6.07) is 7.42. The quantitative estimate of drug-likeness (QED) is 0.412. The van der Waals surface area contributed by atoms with Crippen molar-refractivity contribution >= 4 is 17.8 Å². The number of aliphatic hydroxyl groups excluding tert-OH is 1. The second-order valence-electron chi connectivity index (χ2n) is 8.37. The first-order valence-corrected chi connectivity index (χ1v) is 11.3. The minimum absolute atomic E-state index is 0.0100. The second-order valence-corrected chi connectivity index (χ2v) is 8.37. The van der Waals surface area contributed by atoms with Gasteiger partial charge < -0.3 is 25.2 Å². The first-order chi connectivity index (χ1) is 15.2. The van der Waals surface area contributed by atoms with Gasteiger partial charge in [0.15, 0.2) is 0 Å². The van der Waals surface area contributed by atoms with Gasteiger partial charge in [-0.3, -0.25) is 14.4 Å². The lowest BCUT2D eigenvalue weighted by molar-refractivity contribution is -0.143. The Hall–Kier alpha value is -2.45. The number of amides is 1. The van der Waals surface area contributed by atoms with Crippen molar-refractivity contribution in [3.8, 4) is 5.75 Å². The molecule has 1 heterocycles. The minimum atomic E-state index is -1.66. The highest BCUT2D eigenvalue weighted by molar-refractivity contribution is 5.88. The van der Waals surface area contributed by atoms with Crippen LogP contribution in [0.15, 0.2) is 24.3 Å². The van der Waals surface area contributed by atoms with E-state index < -0.39 is 36.9 Å². The van der Waals surface area contributed by atoms with E-state index in [2.05, 4.69) is 32.7 Å². The molecular weight excluding hydrogens is 412 g/mol. The summed E-state index contributed by atoms with van der Waals surface area (Å²) in [4.78, 5) is 36.5. The summed E-state index contributed by atoms with van der Waals surface area (Å²) in [5.74, 6) is -2.56. The average Bonchev–Trinajstić information content (AvgIpc) is 2.94. The van der Waals surface area contributed by atoms with Crippen LogP contribution in [0.2, 0.25) is 0 Å². The monoisotopic (exact) mass is 450 g/mol. The van der Waals surface area contributed by atoms with Gasteiger partial charge in [-0.1, -0.05) is 45.7 Å². The number of carbonyl (C=O) groups excluding carboxylic acids is 2. The molecule has 1 aromatic rings. The number of nitrogens with zero attached hydrogens (tertiary/aromatic N) is 1. The van der Waals surface area contributed by atoms with E-state index in [0.29, 0.717) is 5.75 Å². The molecule has 0 saturated carbocycles. The van der Waals surface area contributed by atoms with E-state index in [0.717, 1.165) is 44.3 Å². The lowest BCUT2D eigenvalue weighted by Crippen LogP contribution is -2.39. The highest BCUT2D eigenvalue weighted by Crippen LogP contribution is 2.37. The van der Waals surface area contributed by atoms with Crippen molar-refractivity contribution in [2.24, 2.45) is 0 Å². The van der Waals surface area contributed by atoms with E-state index in [1.165, 1.54) is 6.42 Å². The van der Waals surface area contributed by atoms with Gasteiger partial charge in [-0.25, -0.2) is 0 Å². The lowest BCUT2D eigenvalue weighted by Gasteiger charge is -2.35. The fourth-order valence-electron chi connectivity index (χ4n) is 3.84. The Balaban J connectivity index is 0.00000161. The number of hydrogen-bond acceptors (Lipinski definition) is 6. The SMILES string of the molecule is CCC.CCC1(c2cccc(OC(=O)CC(O)C(=O)NCC(=O)O)c2)CCCCN(C)C1. The highest BCUT2D eigenvalue weighted by atomic mass is 16.5. The molecule has 32 heavy (non-hydrogen) atoms. The third-order valence-corrected chi connectivity index (χ3v) is 5.45. The molecule has 8 nitrogen and oxygen atoms in total. The number of aliphatic hydroxyl groups is 1. The molecule has 1 aliphatic rings. The zero-order chi connectivity index (χ0) is 24.1. The molecule has 2 atom stereocenters. The summed E-state index contributed by atoms with van der Waals surface area (Å²) in [6.07, 6.45) is 3.36. The van der Waals surface area contributed by atoms with Gasteiger partial charge in [-0.05, 0) is 50.6 Å². The number of likely N-dealkylation sites (N-methyl/N-ethyl adjacent to an activating group) is 1. The number of carbonyl (C=O) groups is 3. The first kappa shape index (κ1) is 27.6. The number of rotatable bonds is 8. The van der Waals surface area contributed by atoms with Crippen LogP contribution in [0, 0.1) is 0 Å². The lowest BCUT2D eigenvalue weighted by atomic mass is 9.74. The maximum atomic E-state index is 12.1. The third kappa shape index (κ3) is 8.96. The van der Waals surface area contributed by atoms with Crippen molar-refractivity contribution in [2.45, 2.75) is 70.8 Å². The van der Waals surface area contributed by atoms with Crippen LogP contribution in [0.25, 0.3) is 0 Å². The van der Waals surface area contributed by atoms with Crippen LogP contribution in [0.3, 0.4) is 0 Å². The van der Waals surface area contributed by atoms with Crippen LogP contribution in [-0.4, -0.2) is 65.7 Å². The number of carboxylic acid groups (broad SMARTS) is 1. The van der Waals surface area contributed by atoms with Crippen molar-refractivity contribution in [3.05, 3.63) is 29.8 Å². The van der Waals surface area contributed by atoms with Crippen LogP contribution >= 0.6 is 0 Å². The molecule has 1 saturated heterocycles. The van der Waals surface area contributed by atoms with Crippen LogP contribution in [-0.2, 0) is 19.8 Å². The van der Waals surface area contributed by atoms with E-state index in [4.69, 9.17) is 9.84 Å². The van der Waals surface area contributed by atoms with Gasteiger partial charge in [-0.2, -0.15) is 0 Å². The molecule has 8 heteroatoms. The van der Waals surface area contributed by atoms with Crippen molar-refractivity contribution in [3.63, 3.8) is 0 Å². The van der Waals surface area contributed by atoms with Crippen molar-refractivity contribution in [2.75, 3.05) is 26.7 Å². The van der Waals surface area contributed by atoms with E-state index >= 15 is 0 Å². The first-order valence-electron chi connectivity index (χ1n) is 11.3. The van der Waals surface area contributed by atoms with E-state index in [1.54, 1.807) is 6.07 Å². The van der Waals surface area contributed by atoms with Crippen LogP contribution < -0.4 is 10.1 Å². The molecule has 0 aromatic heterocycles. The van der Waals surface area contributed by atoms with Crippen LogP contribution in [0.4, 0.5) is 0 Å². The maximum Gasteiger partial charge on any atom is 0.322 e. The van der Waals surface area contributed by atoms with Gasteiger partial charge in [-0.15, -0.1) is 0 Å². The Kier molecular flexibility index (Phi) is 11.9. The average molecular weight is 451 g/mol. The third-order valence-electron chi connectivity index (χ3n) is 5.45. The van der Waals surface area contributed by atoms with Crippen molar-refractivity contribution < 1.29 is 29.3 Å². The van der Waals surface area contributed by atoms with E-state index in [1.807, 2.05) is 23.5 Å². The van der Waals surface area contributed by atoms with Gasteiger partial charge in [0.25, 0.3) is 0 Å². The molecule has 1 aromatic carbocycles. The number of likely N-dealkylation sites (tertiary alicyclic amines) is 1. The highest BCUT2D eigenvalue weighted by Gasteiger charge is 2.33. The normalized spacial score (nSPS) is 19.7. The second kappa shape index (κ2) is 13.9. The number of esters is 1. The number of hydrogen-bond donors (Lipinski definition) is 3. The molecule has 2 unspecified atom stereocenters. The standard InChI is InChI=1S/C21H30N2O6.C3H8/c1-3-21(9-4-5-10-23(2)14-21)15-7-6-8-16(11-15)29-19(27)12-17(24)20(28)22-13-18(25)26;1-3-2/h6-8,11,17,24H,3-5,9-10,12-14H2,1-2H3,(H,22,28)(H,25,26);3H2,1-2H3. The maximum absolute atomic E-state index is 12.1. The number of benzene rings is 1. The molecule has 180 valence electrons. The van der Waals surface area contributed by atoms with Gasteiger partial charge in [0.2, 0.25) is 5.91 Å². The Morgan fingerprint density at radius 2 is 1.91 bits per heavy atom. The zero-order valence-corrected chi connectivity index (χ0v) is 19.7. The molecule has 0 bridgehead atoms. The topological polar surface area (TPSA) is 116 Å². The van der Waals surface area contributed by atoms with Gasteiger partial charge in [0.1, 0.15) is 18.4 Å². The van der Waals surface area contributed by atoms with Crippen molar-refractivity contribution in [1.29, 1.82) is 0 Å². The summed E-state index contributed by atoms with van der Waals surface area (Å²) >= 11 is 0. The molecule has 0 radical (unpaired) electrons. The summed E-state index contributed by atoms with van der Waals surface area (Å²) < 4.78 is 5.33. The molecule has 0 spiro atoms. The number of carboxylic acids is 1. The van der Waals surface area contributed by atoms with Crippen LogP contribution in [0.1, 0.15) is 64.9 Å². The molecule has 2 rings (SSSR count). The van der Waals surface area contributed by atoms with Gasteiger partial charge >= 0.3 is 11.9 Å². The predicted octanol–water partition coefficient (Wildman–Crippen LogP) is 2.72. The fourth-order valence-corrected chi connectivity index (χ4v) is 3.84. The molecule has 1 amide bonds. The van der Waals surface area contributed by atoms with Crippen LogP contribution in [0.5, 0.6) is 5.75 Å². The summed E-state index contributed by atoms with van der Waals surface area (Å²) in [5.41, 5.74) is 1.10. The smallest absolute Gasteiger partial charge is 0.322 e. The fraction of sp³-hybridized carbons (Fsp3) is 0.625. The number of aliphatic carboxylic acids is 1. The van der Waals surface area contributed by atoms with E-state index in [-0.39, 0.29) is 5.41 Å². The summed E-state index contributed by atoms with van der Waals surface area (Å²) in [6.45, 7) is 7.80. The Morgan fingerprint density at radius 3 is 2.53 bits per heavy atom. The largest absolute Gasteiger partial charge is 0.480 e. The Bertz CT molecular complexity index is 754. The van der Waals surface area contributed by atoms with E-state index in [9.17, 15) is 19.5 Å². The molecule has 0 aliphatic carbocycles. The van der Waals surface area contributed by atoms with Gasteiger partial charge in [0, 0.05) is 12.0 Å². The molecule has 1 fully saturated rings. The number of nitrogens with one attached hydrogen (secondary N) is 1.